The number of benzene rings is 1. The average molecular weight is 274 g/mol. The summed E-state index contributed by atoms with van der Waals surface area (Å²) in [5.74, 6) is 0.782. The number of aromatic nitrogens is 3. The molecule has 5 heteroatoms. The van der Waals surface area contributed by atoms with Crippen LogP contribution in [0.1, 0.15) is 31.3 Å². The maximum atomic E-state index is 13.5. The van der Waals surface area contributed by atoms with Crippen molar-refractivity contribution in [3.05, 3.63) is 47.8 Å². The van der Waals surface area contributed by atoms with Crippen molar-refractivity contribution in [1.82, 2.24) is 20.1 Å². The third-order valence-corrected chi connectivity index (χ3v) is 4.00. The second-order valence-corrected chi connectivity index (χ2v) is 5.79. The molecule has 106 valence electrons. The van der Waals surface area contributed by atoms with Crippen LogP contribution in [-0.4, -0.2) is 27.9 Å². The minimum atomic E-state index is -0.181. The quantitative estimate of drug-likeness (QED) is 0.928. The van der Waals surface area contributed by atoms with Crippen molar-refractivity contribution >= 4 is 0 Å². The number of hydrogen-bond donors (Lipinski definition) is 1. The SMILES string of the molecule is CC(C)n1ncnc1CC1(c2cccc(F)c2)CNC1. The lowest BCUT2D eigenvalue weighted by atomic mass is 9.72. The van der Waals surface area contributed by atoms with Crippen LogP contribution in [0.5, 0.6) is 0 Å². The van der Waals surface area contributed by atoms with E-state index in [4.69, 9.17) is 0 Å². The van der Waals surface area contributed by atoms with E-state index in [1.54, 1.807) is 18.5 Å². The summed E-state index contributed by atoms with van der Waals surface area (Å²) in [5, 5.41) is 7.58. The molecule has 1 aromatic carbocycles. The van der Waals surface area contributed by atoms with E-state index in [2.05, 4.69) is 29.2 Å². The van der Waals surface area contributed by atoms with E-state index in [0.717, 1.165) is 30.9 Å². The summed E-state index contributed by atoms with van der Waals surface area (Å²) >= 11 is 0. The molecule has 2 heterocycles. The Morgan fingerprint density at radius 3 is 2.80 bits per heavy atom. The fraction of sp³-hybridized carbons (Fsp3) is 0.467. The Morgan fingerprint density at radius 1 is 1.40 bits per heavy atom. The van der Waals surface area contributed by atoms with Gasteiger partial charge in [-0.1, -0.05) is 12.1 Å². The number of hydrogen-bond acceptors (Lipinski definition) is 3. The maximum absolute atomic E-state index is 13.5. The average Bonchev–Trinajstić information content (AvgIpc) is 2.82. The molecule has 3 rings (SSSR count). The summed E-state index contributed by atoms with van der Waals surface area (Å²) < 4.78 is 15.4. The van der Waals surface area contributed by atoms with Crippen LogP contribution >= 0.6 is 0 Å². The van der Waals surface area contributed by atoms with Gasteiger partial charge in [0.15, 0.2) is 0 Å². The molecule has 4 nitrogen and oxygen atoms in total. The number of halogens is 1. The Balaban J connectivity index is 1.92. The van der Waals surface area contributed by atoms with Crippen LogP contribution in [-0.2, 0) is 11.8 Å². The summed E-state index contributed by atoms with van der Waals surface area (Å²) in [7, 11) is 0. The van der Waals surface area contributed by atoms with E-state index < -0.39 is 0 Å². The highest BCUT2D eigenvalue weighted by Gasteiger charge is 2.40. The molecular weight excluding hydrogens is 255 g/mol. The third-order valence-electron chi connectivity index (χ3n) is 4.00. The first-order chi connectivity index (χ1) is 9.61. The molecule has 1 aliphatic heterocycles. The molecule has 1 N–H and O–H groups in total. The summed E-state index contributed by atoms with van der Waals surface area (Å²) in [5.41, 5.74) is 0.969. The van der Waals surface area contributed by atoms with Gasteiger partial charge in [-0.3, -0.25) is 0 Å². The topological polar surface area (TPSA) is 42.7 Å². The zero-order valence-corrected chi connectivity index (χ0v) is 11.8. The highest BCUT2D eigenvalue weighted by atomic mass is 19.1. The van der Waals surface area contributed by atoms with Gasteiger partial charge in [-0.15, -0.1) is 0 Å². The zero-order chi connectivity index (χ0) is 14.2. The molecular formula is C15H19FN4. The second-order valence-electron chi connectivity index (χ2n) is 5.79. The van der Waals surface area contributed by atoms with Crippen LogP contribution in [0.2, 0.25) is 0 Å². The van der Waals surface area contributed by atoms with Gasteiger partial charge in [0.25, 0.3) is 0 Å². The van der Waals surface area contributed by atoms with Gasteiger partial charge in [-0.25, -0.2) is 14.1 Å². The lowest BCUT2D eigenvalue weighted by Crippen LogP contribution is -2.58. The van der Waals surface area contributed by atoms with Gasteiger partial charge in [0.2, 0.25) is 0 Å². The van der Waals surface area contributed by atoms with Crippen molar-refractivity contribution < 1.29 is 4.39 Å². The van der Waals surface area contributed by atoms with Crippen LogP contribution in [0.25, 0.3) is 0 Å². The van der Waals surface area contributed by atoms with Crippen molar-refractivity contribution in [3.63, 3.8) is 0 Å². The molecule has 1 fully saturated rings. The standard InChI is InChI=1S/C15H19FN4/c1-11(2)20-14(18-10-19-20)7-15(8-17-9-15)12-4-3-5-13(16)6-12/h3-6,10-11,17H,7-9H2,1-2H3. The Bertz CT molecular complexity index is 601. The van der Waals surface area contributed by atoms with Gasteiger partial charge in [-0.05, 0) is 31.5 Å². The molecule has 0 saturated carbocycles. The number of rotatable bonds is 4. The summed E-state index contributed by atoms with van der Waals surface area (Å²) in [4.78, 5) is 4.38. The normalized spacial score (nSPS) is 17.2. The Hall–Kier alpha value is -1.75. The van der Waals surface area contributed by atoms with Gasteiger partial charge in [0, 0.05) is 31.0 Å². The van der Waals surface area contributed by atoms with Crippen molar-refractivity contribution in [1.29, 1.82) is 0 Å². The molecule has 1 aromatic heterocycles. The van der Waals surface area contributed by atoms with E-state index in [1.807, 2.05) is 10.7 Å². The van der Waals surface area contributed by atoms with E-state index in [1.165, 1.54) is 6.07 Å². The molecule has 0 radical (unpaired) electrons. The minimum absolute atomic E-state index is 0.0677. The zero-order valence-electron chi connectivity index (χ0n) is 11.8. The van der Waals surface area contributed by atoms with Crippen LogP contribution in [0, 0.1) is 5.82 Å². The van der Waals surface area contributed by atoms with Gasteiger partial charge < -0.3 is 5.32 Å². The van der Waals surface area contributed by atoms with Crippen LogP contribution in [0.3, 0.4) is 0 Å². The van der Waals surface area contributed by atoms with Gasteiger partial charge in [0.1, 0.15) is 18.0 Å². The van der Waals surface area contributed by atoms with E-state index in [9.17, 15) is 4.39 Å². The predicted octanol–water partition coefficient (Wildman–Crippen LogP) is 2.08. The summed E-state index contributed by atoms with van der Waals surface area (Å²) in [6, 6.07) is 7.18. The molecule has 0 unspecified atom stereocenters. The van der Waals surface area contributed by atoms with Gasteiger partial charge >= 0.3 is 0 Å². The first-order valence-electron chi connectivity index (χ1n) is 6.96. The molecule has 0 bridgehead atoms. The van der Waals surface area contributed by atoms with Gasteiger partial charge in [0.05, 0.1) is 0 Å². The molecule has 2 aromatic rings. The minimum Gasteiger partial charge on any atom is -0.315 e. The molecule has 0 spiro atoms. The Kier molecular flexibility index (Phi) is 3.30. The predicted molar refractivity (Wildman–Crippen MR) is 75.1 cm³/mol. The van der Waals surface area contributed by atoms with Crippen molar-refractivity contribution in [3.8, 4) is 0 Å². The smallest absolute Gasteiger partial charge is 0.138 e. The monoisotopic (exact) mass is 274 g/mol. The lowest BCUT2D eigenvalue weighted by Gasteiger charge is -2.43. The molecule has 0 atom stereocenters. The molecule has 1 saturated heterocycles. The first-order valence-corrected chi connectivity index (χ1v) is 6.96. The second kappa shape index (κ2) is 4.98. The highest BCUT2D eigenvalue weighted by molar-refractivity contribution is 5.31. The fourth-order valence-corrected chi connectivity index (χ4v) is 2.81. The highest BCUT2D eigenvalue weighted by Crippen LogP contribution is 2.32. The van der Waals surface area contributed by atoms with Crippen LogP contribution < -0.4 is 5.32 Å². The van der Waals surface area contributed by atoms with E-state index in [0.29, 0.717) is 0 Å². The summed E-state index contributed by atoms with van der Waals surface area (Å²) in [6.07, 6.45) is 2.38. The molecule has 0 aliphatic carbocycles. The number of nitrogens with zero attached hydrogens (tertiary/aromatic N) is 3. The van der Waals surface area contributed by atoms with Crippen LogP contribution in [0.15, 0.2) is 30.6 Å². The maximum Gasteiger partial charge on any atom is 0.138 e. The summed E-state index contributed by atoms with van der Waals surface area (Å²) in [6.45, 7) is 5.88. The fourth-order valence-electron chi connectivity index (χ4n) is 2.81. The van der Waals surface area contributed by atoms with Gasteiger partial charge in [-0.2, -0.15) is 5.10 Å². The third kappa shape index (κ3) is 2.22. The van der Waals surface area contributed by atoms with Crippen LogP contribution in [0.4, 0.5) is 4.39 Å². The lowest BCUT2D eigenvalue weighted by molar-refractivity contribution is 0.263. The molecule has 20 heavy (non-hydrogen) atoms. The van der Waals surface area contributed by atoms with Crippen molar-refractivity contribution in [2.24, 2.45) is 0 Å². The van der Waals surface area contributed by atoms with Crippen molar-refractivity contribution in [2.75, 3.05) is 13.1 Å². The largest absolute Gasteiger partial charge is 0.315 e. The number of nitrogens with one attached hydrogen (secondary N) is 1. The van der Waals surface area contributed by atoms with E-state index in [-0.39, 0.29) is 17.3 Å². The first kappa shape index (κ1) is 13.2. The van der Waals surface area contributed by atoms with Crippen molar-refractivity contribution in [2.45, 2.75) is 31.7 Å². The Morgan fingerprint density at radius 2 is 2.20 bits per heavy atom. The Labute approximate surface area is 118 Å². The molecule has 0 amide bonds. The molecule has 1 aliphatic rings. The van der Waals surface area contributed by atoms with E-state index >= 15 is 0 Å².